The second-order valence-corrected chi connectivity index (χ2v) is 7.57. The first kappa shape index (κ1) is 20.9. The van der Waals surface area contributed by atoms with Crippen LogP contribution in [-0.4, -0.2) is 55.1 Å². The summed E-state index contributed by atoms with van der Waals surface area (Å²) in [4.78, 5) is 23.4. The molecule has 0 bridgehead atoms. The van der Waals surface area contributed by atoms with Crippen LogP contribution in [0.4, 0.5) is 11.4 Å². The number of rotatable bonds is 5. The number of hydrogen-bond acceptors (Lipinski definition) is 6. The molecule has 8 nitrogen and oxygen atoms in total. The molecule has 156 valence electrons. The summed E-state index contributed by atoms with van der Waals surface area (Å²) in [7, 11) is 2.12. The van der Waals surface area contributed by atoms with E-state index >= 15 is 0 Å². The lowest BCUT2D eigenvalue weighted by Gasteiger charge is -2.18. The molecule has 29 heavy (non-hydrogen) atoms. The van der Waals surface area contributed by atoms with Gasteiger partial charge in [-0.15, -0.1) is 0 Å². The van der Waals surface area contributed by atoms with E-state index in [1.807, 2.05) is 32.0 Å². The maximum atomic E-state index is 11.0. The van der Waals surface area contributed by atoms with Gasteiger partial charge in [-0.1, -0.05) is 11.2 Å². The Balaban J connectivity index is 0.000000343. The van der Waals surface area contributed by atoms with Crippen molar-refractivity contribution in [3.05, 3.63) is 29.7 Å². The van der Waals surface area contributed by atoms with Gasteiger partial charge in [0.25, 0.3) is 0 Å². The van der Waals surface area contributed by atoms with Gasteiger partial charge in [0.1, 0.15) is 5.76 Å². The number of likely N-dealkylation sites (N-methyl/N-ethyl adjacent to an activating group) is 1. The molecule has 2 amide bonds. The van der Waals surface area contributed by atoms with Crippen molar-refractivity contribution in [2.45, 2.75) is 39.2 Å². The first-order valence-electron chi connectivity index (χ1n) is 9.97. The lowest BCUT2D eigenvalue weighted by atomic mass is 10.0. The van der Waals surface area contributed by atoms with Gasteiger partial charge in [-0.2, -0.15) is 0 Å². The molecule has 2 fully saturated rings. The average molecular weight is 399 g/mol. The van der Waals surface area contributed by atoms with Gasteiger partial charge < -0.3 is 25.4 Å². The van der Waals surface area contributed by atoms with Gasteiger partial charge in [0.05, 0.1) is 17.1 Å². The molecule has 0 aliphatic carbocycles. The van der Waals surface area contributed by atoms with Crippen molar-refractivity contribution in [1.82, 2.24) is 15.4 Å². The van der Waals surface area contributed by atoms with E-state index in [-0.39, 0.29) is 5.91 Å². The van der Waals surface area contributed by atoms with Gasteiger partial charge in [-0.05, 0) is 58.0 Å². The van der Waals surface area contributed by atoms with E-state index in [0.29, 0.717) is 12.5 Å². The molecular formula is C21H29N5O3. The molecule has 3 N–H and O–H groups in total. The van der Waals surface area contributed by atoms with Crippen molar-refractivity contribution in [1.29, 1.82) is 0 Å². The summed E-state index contributed by atoms with van der Waals surface area (Å²) in [6, 6.07) is 6.40. The van der Waals surface area contributed by atoms with Gasteiger partial charge in [0.2, 0.25) is 12.3 Å². The molecule has 8 heteroatoms. The zero-order valence-electron chi connectivity index (χ0n) is 17.2. The lowest BCUT2D eigenvalue weighted by Crippen LogP contribution is -2.24. The molecule has 1 aromatic heterocycles. The van der Waals surface area contributed by atoms with Crippen molar-refractivity contribution in [2.75, 3.05) is 37.3 Å². The number of carbonyl (C=O) groups is 2. The summed E-state index contributed by atoms with van der Waals surface area (Å²) in [6.07, 6.45) is 3.57. The lowest BCUT2D eigenvalue weighted by molar-refractivity contribution is -0.119. The Morgan fingerprint density at radius 3 is 2.66 bits per heavy atom. The van der Waals surface area contributed by atoms with Crippen LogP contribution >= 0.6 is 0 Å². The Labute approximate surface area is 171 Å². The number of likely N-dealkylation sites (tertiary alicyclic amines) is 1. The highest BCUT2D eigenvalue weighted by atomic mass is 16.5. The second kappa shape index (κ2) is 9.56. The SMILES string of the molecule is Cc1noc(C)c1-c1ccc(NC2CCN(C)C2)c(NC=O)c1.O=C1CCCN1. The summed E-state index contributed by atoms with van der Waals surface area (Å²) in [5.74, 6) is 0.979. The molecule has 3 heterocycles. The predicted octanol–water partition coefficient (Wildman–Crippen LogP) is 2.54. The molecule has 0 saturated carbocycles. The molecule has 4 rings (SSSR count). The fraction of sp³-hybridized carbons (Fsp3) is 0.476. The third kappa shape index (κ3) is 5.35. The van der Waals surface area contributed by atoms with E-state index in [2.05, 4.69) is 33.1 Å². The van der Waals surface area contributed by atoms with Gasteiger partial charge >= 0.3 is 0 Å². The zero-order valence-corrected chi connectivity index (χ0v) is 17.2. The van der Waals surface area contributed by atoms with Crippen LogP contribution in [0.15, 0.2) is 22.7 Å². The van der Waals surface area contributed by atoms with Crippen LogP contribution in [0.5, 0.6) is 0 Å². The third-order valence-electron chi connectivity index (χ3n) is 5.21. The summed E-state index contributed by atoms with van der Waals surface area (Å²) in [5.41, 5.74) is 4.52. The smallest absolute Gasteiger partial charge is 0.220 e. The first-order valence-corrected chi connectivity index (χ1v) is 9.97. The molecule has 2 saturated heterocycles. The Bertz CT molecular complexity index is 836. The number of nitrogens with zero attached hydrogens (tertiary/aromatic N) is 2. The number of amides is 2. The molecule has 1 atom stereocenters. The Kier molecular flexibility index (Phi) is 6.87. The topological polar surface area (TPSA) is 99.5 Å². The van der Waals surface area contributed by atoms with Gasteiger partial charge in [0, 0.05) is 31.1 Å². The molecule has 2 aliphatic rings. The van der Waals surface area contributed by atoms with Crippen molar-refractivity contribution >= 4 is 23.7 Å². The minimum Gasteiger partial charge on any atom is -0.379 e. The fourth-order valence-corrected chi connectivity index (χ4v) is 3.74. The van der Waals surface area contributed by atoms with Crippen LogP contribution < -0.4 is 16.0 Å². The van der Waals surface area contributed by atoms with Crippen molar-refractivity contribution in [3.8, 4) is 11.1 Å². The van der Waals surface area contributed by atoms with Crippen LogP contribution in [0.3, 0.4) is 0 Å². The highest BCUT2D eigenvalue weighted by molar-refractivity contribution is 5.85. The second-order valence-electron chi connectivity index (χ2n) is 7.57. The van der Waals surface area contributed by atoms with Crippen LogP contribution in [0.1, 0.15) is 30.7 Å². The quantitative estimate of drug-likeness (QED) is 0.668. The number of hydrogen-bond donors (Lipinski definition) is 3. The molecule has 0 radical (unpaired) electrons. The number of aryl methyl sites for hydroxylation is 2. The van der Waals surface area contributed by atoms with Gasteiger partial charge in [-0.25, -0.2) is 0 Å². The van der Waals surface area contributed by atoms with Crippen molar-refractivity contribution < 1.29 is 14.1 Å². The summed E-state index contributed by atoms with van der Waals surface area (Å²) >= 11 is 0. The van der Waals surface area contributed by atoms with E-state index in [4.69, 9.17) is 4.52 Å². The monoisotopic (exact) mass is 399 g/mol. The summed E-state index contributed by atoms with van der Waals surface area (Å²) in [6.45, 7) is 6.79. The number of aromatic nitrogens is 1. The molecule has 1 aromatic carbocycles. The highest BCUT2D eigenvalue weighted by Gasteiger charge is 2.20. The van der Waals surface area contributed by atoms with E-state index in [1.54, 1.807) is 0 Å². The van der Waals surface area contributed by atoms with E-state index in [1.165, 1.54) is 0 Å². The van der Waals surface area contributed by atoms with Gasteiger partial charge in [0.15, 0.2) is 0 Å². The Morgan fingerprint density at radius 2 is 2.14 bits per heavy atom. The van der Waals surface area contributed by atoms with Crippen LogP contribution in [0.2, 0.25) is 0 Å². The van der Waals surface area contributed by atoms with Crippen LogP contribution in [0.25, 0.3) is 11.1 Å². The first-order chi connectivity index (χ1) is 14.0. The van der Waals surface area contributed by atoms with Gasteiger partial charge in [-0.3, -0.25) is 9.59 Å². The third-order valence-corrected chi connectivity index (χ3v) is 5.21. The maximum absolute atomic E-state index is 11.0. The minimum atomic E-state index is 0.204. The van der Waals surface area contributed by atoms with Crippen LogP contribution in [0, 0.1) is 13.8 Å². The standard InChI is InChI=1S/C17H22N4O2.C4H7NO/c1-11-17(12(2)23-20-11)13-4-5-15(16(8-13)18-10-22)19-14-6-7-21(3)9-14;6-4-2-1-3-5-4/h4-5,8,10,14,19H,6-7,9H2,1-3H3,(H,18,22);1-3H2,(H,5,6). The molecule has 2 aliphatic heterocycles. The fourth-order valence-electron chi connectivity index (χ4n) is 3.74. The number of nitrogens with one attached hydrogen (secondary N) is 3. The van der Waals surface area contributed by atoms with Crippen molar-refractivity contribution in [2.24, 2.45) is 0 Å². The largest absolute Gasteiger partial charge is 0.379 e. The summed E-state index contributed by atoms with van der Waals surface area (Å²) in [5, 5.41) is 13.0. The number of carbonyl (C=O) groups excluding carboxylic acids is 2. The zero-order chi connectivity index (χ0) is 20.8. The van der Waals surface area contributed by atoms with E-state index in [0.717, 1.165) is 72.9 Å². The number of anilines is 2. The Morgan fingerprint density at radius 1 is 1.31 bits per heavy atom. The normalized spacial score (nSPS) is 18.7. The summed E-state index contributed by atoms with van der Waals surface area (Å²) < 4.78 is 5.24. The van der Waals surface area contributed by atoms with Crippen molar-refractivity contribution in [3.63, 3.8) is 0 Å². The van der Waals surface area contributed by atoms with E-state index < -0.39 is 0 Å². The Hall–Kier alpha value is -2.87. The minimum absolute atomic E-state index is 0.204. The van der Waals surface area contributed by atoms with Crippen LogP contribution in [-0.2, 0) is 9.59 Å². The molecular weight excluding hydrogens is 370 g/mol. The maximum Gasteiger partial charge on any atom is 0.220 e. The van der Waals surface area contributed by atoms with E-state index in [9.17, 15) is 9.59 Å². The molecule has 2 aromatic rings. The number of benzene rings is 1. The molecule has 1 unspecified atom stereocenters. The predicted molar refractivity (Wildman–Crippen MR) is 113 cm³/mol. The highest BCUT2D eigenvalue weighted by Crippen LogP contribution is 2.33. The average Bonchev–Trinajstić information content (AvgIpc) is 3.41. The molecule has 0 spiro atoms.